The number of likely N-dealkylation sites (tertiary alicyclic amines) is 1. The van der Waals surface area contributed by atoms with Crippen molar-refractivity contribution < 1.29 is 14.3 Å². The van der Waals surface area contributed by atoms with Crippen LogP contribution in [-0.4, -0.2) is 28.9 Å². The van der Waals surface area contributed by atoms with Crippen molar-refractivity contribution in [2.75, 3.05) is 0 Å². The Kier molecular flexibility index (Phi) is 3.65. The quantitative estimate of drug-likeness (QED) is 0.806. The van der Waals surface area contributed by atoms with Crippen molar-refractivity contribution >= 4 is 11.9 Å². The van der Waals surface area contributed by atoms with Gasteiger partial charge in [0.2, 0.25) is 0 Å². The van der Waals surface area contributed by atoms with E-state index in [9.17, 15) is 9.59 Å². The topological polar surface area (TPSA) is 46.6 Å². The molecule has 1 aromatic carbocycles. The molecule has 0 spiro atoms. The van der Waals surface area contributed by atoms with Gasteiger partial charge in [-0.25, -0.2) is 4.79 Å². The molecule has 0 saturated carbocycles. The molecule has 2 rings (SSSR count). The fourth-order valence-electron chi connectivity index (χ4n) is 2.23. The lowest BCUT2D eigenvalue weighted by atomic mass is 10.2. The van der Waals surface area contributed by atoms with E-state index in [1.807, 2.05) is 37.3 Å². The number of Topliss-reactive ketones (excluding diaryl/α,β-unsaturated/α-hetero) is 1. The molecule has 1 saturated heterocycles. The highest BCUT2D eigenvalue weighted by Gasteiger charge is 2.38. The molecule has 0 aliphatic carbocycles. The van der Waals surface area contributed by atoms with Crippen LogP contribution in [0.4, 0.5) is 4.79 Å². The number of carbonyl (C=O) groups excluding carboxylic acids is 2. The number of carbonyl (C=O) groups is 2. The van der Waals surface area contributed by atoms with Gasteiger partial charge < -0.3 is 4.74 Å². The zero-order valence-corrected chi connectivity index (χ0v) is 10.6. The van der Waals surface area contributed by atoms with Crippen LogP contribution in [0.25, 0.3) is 0 Å². The van der Waals surface area contributed by atoms with Crippen LogP contribution in [0.15, 0.2) is 30.3 Å². The molecular formula is C14H17NO3. The van der Waals surface area contributed by atoms with Gasteiger partial charge in [-0.3, -0.25) is 9.69 Å². The normalized spacial score (nSPS) is 23.2. The third kappa shape index (κ3) is 2.53. The van der Waals surface area contributed by atoms with Crippen LogP contribution in [0.5, 0.6) is 0 Å². The Balaban J connectivity index is 1.94. The number of amides is 1. The molecule has 1 heterocycles. The van der Waals surface area contributed by atoms with Crippen LogP contribution >= 0.6 is 0 Å². The lowest BCUT2D eigenvalue weighted by Crippen LogP contribution is -2.40. The Morgan fingerprint density at radius 2 is 2.00 bits per heavy atom. The summed E-state index contributed by atoms with van der Waals surface area (Å²) in [6.07, 6.45) is 0.00595. The van der Waals surface area contributed by atoms with E-state index in [0.717, 1.165) is 5.56 Å². The summed E-state index contributed by atoms with van der Waals surface area (Å²) in [5.74, 6) is 0.0964. The summed E-state index contributed by atoms with van der Waals surface area (Å²) in [4.78, 5) is 25.0. The second kappa shape index (κ2) is 5.21. The van der Waals surface area contributed by atoms with E-state index >= 15 is 0 Å². The predicted octanol–water partition coefficient (Wildman–Crippen LogP) is 2.38. The lowest BCUT2D eigenvalue weighted by molar-refractivity contribution is -0.119. The van der Waals surface area contributed by atoms with E-state index in [1.165, 1.54) is 4.90 Å². The summed E-state index contributed by atoms with van der Waals surface area (Å²) in [5.41, 5.74) is 0.941. The zero-order chi connectivity index (χ0) is 13.1. The second-order valence-electron chi connectivity index (χ2n) is 4.64. The summed E-state index contributed by atoms with van der Waals surface area (Å²) < 4.78 is 5.24. The van der Waals surface area contributed by atoms with Crippen LogP contribution in [0.2, 0.25) is 0 Å². The molecule has 1 aliphatic heterocycles. The number of ether oxygens (including phenoxy) is 1. The number of hydrogen-bond donors (Lipinski definition) is 0. The zero-order valence-electron chi connectivity index (χ0n) is 10.6. The Labute approximate surface area is 107 Å². The van der Waals surface area contributed by atoms with Gasteiger partial charge in [0, 0.05) is 12.5 Å². The van der Waals surface area contributed by atoms with Crippen molar-refractivity contribution in [1.29, 1.82) is 0 Å². The van der Waals surface area contributed by atoms with Crippen LogP contribution < -0.4 is 0 Å². The van der Waals surface area contributed by atoms with Gasteiger partial charge in [-0.1, -0.05) is 30.3 Å². The molecule has 1 aliphatic rings. The Morgan fingerprint density at radius 1 is 1.33 bits per heavy atom. The van der Waals surface area contributed by atoms with Crippen molar-refractivity contribution in [3.63, 3.8) is 0 Å². The molecule has 4 nitrogen and oxygen atoms in total. The molecule has 0 N–H and O–H groups in total. The van der Waals surface area contributed by atoms with Gasteiger partial charge in [0.1, 0.15) is 6.61 Å². The molecule has 18 heavy (non-hydrogen) atoms. The molecule has 2 atom stereocenters. The van der Waals surface area contributed by atoms with Crippen molar-refractivity contribution in [1.82, 2.24) is 4.90 Å². The summed E-state index contributed by atoms with van der Waals surface area (Å²) in [5, 5.41) is 0. The number of rotatable bonds is 2. The smallest absolute Gasteiger partial charge is 0.410 e. The summed E-state index contributed by atoms with van der Waals surface area (Å²) in [6, 6.07) is 9.06. The van der Waals surface area contributed by atoms with Crippen molar-refractivity contribution in [3.05, 3.63) is 35.9 Å². The maximum absolute atomic E-state index is 11.9. The molecule has 1 amide bonds. The lowest BCUT2D eigenvalue weighted by Gasteiger charge is -2.24. The van der Waals surface area contributed by atoms with Gasteiger partial charge in [-0.2, -0.15) is 0 Å². The average molecular weight is 247 g/mol. The van der Waals surface area contributed by atoms with Crippen LogP contribution in [0.1, 0.15) is 25.8 Å². The second-order valence-corrected chi connectivity index (χ2v) is 4.64. The fraction of sp³-hybridized carbons (Fsp3) is 0.429. The molecule has 96 valence electrons. The van der Waals surface area contributed by atoms with Crippen LogP contribution in [0, 0.1) is 0 Å². The molecule has 0 aromatic heterocycles. The first-order valence-electron chi connectivity index (χ1n) is 6.11. The van der Waals surface area contributed by atoms with E-state index in [-0.39, 0.29) is 24.5 Å². The molecule has 0 radical (unpaired) electrons. The predicted molar refractivity (Wildman–Crippen MR) is 67.0 cm³/mol. The van der Waals surface area contributed by atoms with E-state index in [1.54, 1.807) is 6.92 Å². The number of hydrogen-bond acceptors (Lipinski definition) is 3. The van der Waals surface area contributed by atoms with Crippen LogP contribution in [-0.2, 0) is 16.1 Å². The van der Waals surface area contributed by atoms with Gasteiger partial charge in [0.05, 0.1) is 6.04 Å². The Morgan fingerprint density at radius 3 is 2.56 bits per heavy atom. The minimum Gasteiger partial charge on any atom is -0.445 e. The number of benzene rings is 1. The SMILES string of the molecule is C[C@@H]1CC(=O)[C@H](C)N1C(=O)OCc1ccccc1. The van der Waals surface area contributed by atoms with Crippen molar-refractivity contribution in [3.8, 4) is 0 Å². The molecule has 4 heteroatoms. The maximum atomic E-state index is 11.9. The standard InChI is InChI=1S/C14H17NO3/c1-10-8-13(16)11(2)15(10)14(17)18-9-12-6-4-3-5-7-12/h3-7,10-11H,8-9H2,1-2H3/t10-,11+/m1/s1. The van der Waals surface area contributed by atoms with E-state index in [4.69, 9.17) is 4.74 Å². The fourth-order valence-corrected chi connectivity index (χ4v) is 2.23. The molecule has 1 aromatic rings. The van der Waals surface area contributed by atoms with E-state index < -0.39 is 6.09 Å². The summed E-state index contributed by atoms with van der Waals surface area (Å²) in [7, 11) is 0. The first-order valence-corrected chi connectivity index (χ1v) is 6.11. The average Bonchev–Trinajstić information content (AvgIpc) is 2.62. The maximum Gasteiger partial charge on any atom is 0.410 e. The van der Waals surface area contributed by atoms with E-state index in [0.29, 0.717) is 6.42 Å². The highest BCUT2D eigenvalue weighted by molar-refractivity contribution is 5.90. The molecular weight excluding hydrogens is 230 g/mol. The monoisotopic (exact) mass is 247 g/mol. The van der Waals surface area contributed by atoms with Gasteiger partial charge in [0.15, 0.2) is 5.78 Å². The van der Waals surface area contributed by atoms with Crippen LogP contribution in [0.3, 0.4) is 0 Å². The van der Waals surface area contributed by atoms with Crippen molar-refractivity contribution in [2.45, 2.75) is 39.0 Å². The first-order chi connectivity index (χ1) is 8.59. The summed E-state index contributed by atoms with van der Waals surface area (Å²) in [6.45, 7) is 3.85. The van der Waals surface area contributed by atoms with Gasteiger partial charge in [0.25, 0.3) is 0 Å². The molecule has 1 fully saturated rings. The number of nitrogens with zero attached hydrogens (tertiary/aromatic N) is 1. The highest BCUT2D eigenvalue weighted by atomic mass is 16.6. The Hall–Kier alpha value is -1.84. The molecule has 0 unspecified atom stereocenters. The van der Waals surface area contributed by atoms with E-state index in [2.05, 4.69) is 0 Å². The van der Waals surface area contributed by atoms with Gasteiger partial charge >= 0.3 is 6.09 Å². The minimum atomic E-state index is -0.412. The van der Waals surface area contributed by atoms with Gasteiger partial charge in [-0.15, -0.1) is 0 Å². The third-order valence-electron chi connectivity index (χ3n) is 3.27. The minimum absolute atomic E-state index is 0.0734. The number of ketones is 1. The first kappa shape index (κ1) is 12.6. The largest absolute Gasteiger partial charge is 0.445 e. The third-order valence-corrected chi connectivity index (χ3v) is 3.27. The Bertz CT molecular complexity index is 444. The highest BCUT2D eigenvalue weighted by Crippen LogP contribution is 2.21. The molecule has 0 bridgehead atoms. The van der Waals surface area contributed by atoms with Gasteiger partial charge in [-0.05, 0) is 19.4 Å². The van der Waals surface area contributed by atoms with Crippen molar-refractivity contribution in [2.24, 2.45) is 0 Å². The summed E-state index contributed by atoms with van der Waals surface area (Å²) >= 11 is 0.